The number of carbonyl (C=O) groups is 2. The summed E-state index contributed by atoms with van der Waals surface area (Å²) in [5.41, 5.74) is 0.684. The number of nitrogens with zero attached hydrogens (tertiary/aromatic N) is 2. The molecule has 30 heavy (non-hydrogen) atoms. The molecule has 1 saturated heterocycles. The smallest absolute Gasteiger partial charge is 0.324 e. The number of rotatable bonds is 6. The van der Waals surface area contributed by atoms with Crippen LogP contribution in [0, 0.1) is 0 Å². The van der Waals surface area contributed by atoms with Crippen molar-refractivity contribution in [1.29, 1.82) is 0 Å². The molecule has 6 nitrogen and oxygen atoms in total. The number of carboxylic acid groups (broad SMARTS) is 1. The SMILES string of the molecule is O=C(O)C(COc1ccccc1)N1CCN(C(=O)c2cccc3ccccc23)CC1. The minimum absolute atomic E-state index is 0.0149. The van der Waals surface area contributed by atoms with E-state index in [9.17, 15) is 14.7 Å². The third-order valence-electron chi connectivity index (χ3n) is 5.50. The molecule has 1 aliphatic heterocycles. The van der Waals surface area contributed by atoms with E-state index in [1.54, 1.807) is 17.0 Å². The summed E-state index contributed by atoms with van der Waals surface area (Å²) in [7, 11) is 0. The van der Waals surface area contributed by atoms with Crippen LogP contribution in [-0.2, 0) is 4.79 Å². The Kier molecular flexibility index (Phi) is 5.95. The van der Waals surface area contributed by atoms with Crippen LogP contribution in [0.25, 0.3) is 10.8 Å². The number of amides is 1. The predicted octanol–water partition coefficient (Wildman–Crippen LogP) is 3.13. The molecule has 0 aliphatic carbocycles. The van der Waals surface area contributed by atoms with Crippen molar-refractivity contribution in [3.8, 4) is 5.75 Å². The van der Waals surface area contributed by atoms with Gasteiger partial charge < -0.3 is 14.7 Å². The van der Waals surface area contributed by atoms with Gasteiger partial charge in [0.25, 0.3) is 5.91 Å². The zero-order valence-corrected chi connectivity index (χ0v) is 16.6. The molecular weight excluding hydrogens is 380 g/mol. The molecule has 0 aromatic heterocycles. The van der Waals surface area contributed by atoms with Gasteiger partial charge in [-0.1, -0.05) is 54.6 Å². The van der Waals surface area contributed by atoms with Crippen LogP contribution in [0.2, 0.25) is 0 Å². The number of para-hydroxylation sites is 1. The molecule has 1 fully saturated rings. The third kappa shape index (κ3) is 4.28. The molecule has 0 bridgehead atoms. The van der Waals surface area contributed by atoms with Crippen LogP contribution in [-0.4, -0.2) is 65.6 Å². The molecule has 0 saturated carbocycles. The van der Waals surface area contributed by atoms with Gasteiger partial charge in [-0.3, -0.25) is 14.5 Å². The van der Waals surface area contributed by atoms with E-state index in [1.165, 1.54) is 0 Å². The minimum Gasteiger partial charge on any atom is -0.491 e. The first kappa shape index (κ1) is 19.9. The van der Waals surface area contributed by atoms with Crippen LogP contribution in [0.1, 0.15) is 10.4 Å². The second-order valence-corrected chi connectivity index (χ2v) is 7.33. The summed E-state index contributed by atoms with van der Waals surface area (Å²) in [4.78, 5) is 28.6. The van der Waals surface area contributed by atoms with Crippen LogP contribution >= 0.6 is 0 Å². The molecule has 1 amide bonds. The van der Waals surface area contributed by atoms with Gasteiger partial charge in [0.2, 0.25) is 0 Å². The molecule has 3 aromatic rings. The Labute approximate surface area is 175 Å². The number of hydrogen-bond acceptors (Lipinski definition) is 4. The van der Waals surface area contributed by atoms with E-state index >= 15 is 0 Å². The first-order chi connectivity index (χ1) is 14.6. The van der Waals surface area contributed by atoms with Gasteiger partial charge in [-0.15, -0.1) is 0 Å². The normalized spacial score (nSPS) is 15.7. The van der Waals surface area contributed by atoms with Gasteiger partial charge in [0, 0.05) is 31.7 Å². The Bertz CT molecular complexity index is 1020. The summed E-state index contributed by atoms with van der Waals surface area (Å²) in [6, 6.07) is 22.0. The molecule has 1 aliphatic rings. The van der Waals surface area contributed by atoms with Crippen LogP contribution in [0.3, 0.4) is 0 Å². The molecular formula is C24H24N2O4. The molecule has 3 aromatic carbocycles. The van der Waals surface area contributed by atoms with Crippen LogP contribution in [0.15, 0.2) is 72.8 Å². The monoisotopic (exact) mass is 404 g/mol. The topological polar surface area (TPSA) is 70.1 Å². The summed E-state index contributed by atoms with van der Waals surface area (Å²) < 4.78 is 5.67. The Balaban J connectivity index is 1.40. The van der Waals surface area contributed by atoms with E-state index in [0.717, 1.165) is 10.8 Å². The third-order valence-corrected chi connectivity index (χ3v) is 5.50. The zero-order valence-electron chi connectivity index (χ0n) is 16.6. The Hall–Kier alpha value is -3.38. The van der Waals surface area contributed by atoms with Crippen molar-refractivity contribution in [3.05, 3.63) is 78.4 Å². The predicted molar refractivity (Wildman–Crippen MR) is 115 cm³/mol. The van der Waals surface area contributed by atoms with Gasteiger partial charge in [-0.05, 0) is 29.0 Å². The van der Waals surface area contributed by atoms with Crippen molar-refractivity contribution in [2.24, 2.45) is 0 Å². The molecule has 1 atom stereocenters. The lowest BCUT2D eigenvalue weighted by Gasteiger charge is -2.37. The highest BCUT2D eigenvalue weighted by atomic mass is 16.5. The van der Waals surface area contributed by atoms with Crippen molar-refractivity contribution in [3.63, 3.8) is 0 Å². The van der Waals surface area contributed by atoms with Crippen LogP contribution in [0.4, 0.5) is 0 Å². The summed E-state index contributed by atoms with van der Waals surface area (Å²) in [6.07, 6.45) is 0. The fourth-order valence-corrected chi connectivity index (χ4v) is 3.84. The summed E-state index contributed by atoms with van der Waals surface area (Å²) in [5, 5.41) is 11.6. The maximum absolute atomic E-state index is 13.1. The lowest BCUT2D eigenvalue weighted by Crippen LogP contribution is -2.55. The van der Waals surface area contributed by atoms with Gasteiger partial charge in [0.15, 0.2) is 0 Å². The first-order valence-corrected chi connectivity index (χ1v) is 10.1. The van der Waals surface area contributed by atoms with Gasteiger partial charge >= 0.3 is 5.97 Å². The summed E-state index contributed by atoms with van der Waals surface area (Å²) >= 11 is 0. The van der Waals surface area contributed by atoms with Gasteiger partial charge in [0.05, 0.1) is 0 Å². The quantitative estimate of drug-likeness (QED) is 0.684. The maximum atomic E-state index is 13.1. The van der Waals surface area contributed by atoms with Crippen molar-refractivity contribution >= 4 is 22.6 Å². The van der Waals surface area contributed by atoms with Crippen molar-refractivity contribution in [2.75, 3.05) is 32.8 Å². The highest BCUT2D eigenvalue weighted by Gasteiger charge is 2.31. The molecule has 154 valence electrons. The number of fused-ring (bicyclic) bond motifs is 1. The number of benzene rings is 3. The fraction of sp³-hybridized carbons (Fsp3) is 0.250. The molecule has 1 N–H and O–H groups in total. The molecule has 1 unspecified atom stereocenters. The molecule has 6 heteroatoms. The first-order valence-electron chi connectivity index (χ1n) is 10.1. The average Bonchev–Trinajstić information content (AvgIpc) is 2.79. The van der Waals surface area contributed by atoms with E-state index in [4.69, 9.17) is 4.74 Å². The van der Waals surface area contributed by atoms with E-state index in [0.29, 0.717) is 37.5 Å². The molecule has 1 heterocycles. The largest absolute Gasteiger partial charge is 0.491 e. The number of piperazine rings is 1. The van der Waals surface area contributed by atoms with E-state index in [2.05, 4.69) is 0 Å². The van der Waals surface area contributed by atoms with E-state index < -0.39 is 12.0 Å². The highest BCUT2D eigenvalue weighted by Crippen LogP contribution is 2.21. The Morgan fingerprint density at radius 3 is 2.27 bits per heavy atom. The van der Waals surface area contributed by atoms with Gasteiger partial charge in [-0.25, -0.2) is 0 Å². The lowest BCUT2D eigenvalue weighted by atomic mass is 10.0. The lowest BCUT2D eigenvalue weighted by molar-refractivity contribution is -0.145. The zero-order chi connectivity index (χ0) is 20.9. The second-order valence-electron chi connectivity index (χ2n) is 7.33. The Morgan fingerprint density at radius 1 is 0.867 bits per heavy atom. The van der Waals surface area contributed by atoms with Gasteiger partial charge in [-0.2, -0.15) is 0 Å². The van der Waals surface area contributed by atoms with Crippen molar-refractivity contribution in [1.82, 2.24) is 9.80 Å². The van der Waals surface area contributed by atoms with Crippen molar-refractivity contribution in [2.45, 2.75) is 6.04 Å². The number of hydrogen-bond donors (Lipinski definition) is 1. The van der Waals surface area contributed by atoms with Gasteiger partial charge in [0.1, 0.15) is 18.4 Å². The number of carbonyl (C=O) groups excluding carboxylic acids is 1. The van der Waals surface area contributed by atoms with Crippen LogP contribution in [0.5, 0.6) is 5.75 Å². The number of aliphatic carboxylic acids is 1. The second kappa shape index (κ2) is 8.97. The van der Waals surface area contributed by atoms with E-state index in [-0.39, 0.29) is 12.5 Å². The molecule has 0 spiro atoms. The molecule has 4 rings (SSSR count). The Morgan fingerprint density at radius 2 is 1.53 bits per heavy atom. The fourth-order valence-electron chi connectivity index (χ4n) is 3.84. The minimum atomic E-state index is -0.917. The van der Waals surface area contributed by atoms with E-state index in [1.807, 2.05) is 65.6 Å². The summed E-state index contributed by atoms with van der Waals surface area (Å²) in [5.74, 6) is -0.285. The maximum Gasteiger partial charge on any atom is 0.324 e. The molecule has 0 radical (unpaired) electrons. The number of ether oxygens (including phenoxy) is 1. The van der Waals surface area contributed by atoms with Crippen molar-refractivity contribution < 1.29 is 19.4 Å². The highest BCUT2D eigenvalue weighted by molar-refractivity contribution is 6.07. The number of carboxylic acids is 1. The standard InChI is InChI=1S/C24H24N2O4/c27-23(21-12-6-8-18-7-4-5-11-20(18)21)26-15-13-25(14-16-26)22(24(28)29)17-30-19-9-2-1-3-10-19/h1-12,22H,13-17H2,(H,28,29). The summed E-state index contributed by atoms with van der Waals surface area (Å²) in [6.45, 7) is 2.02. The average molecular weight is 404 g/mol. The van der Waals surface area contributed by atoms with Crippen LogP contribution < -0.4 is 4.74 Å².